The molecule has 0 amide bonds. The highest BCUT2D eigenvalue weighted by Gasteiger charge is 2.19. The lowest BCUT2D eigenvalue weighted by molar-refractivity contribution is 0.350. The zero-order valence-corrected chi connectivity index (χ0v) is 12.1. The number of nitrogens with one attached hydrogen (secondary N) is 1. The molecule has 1 aromatic rings. The smallest absolute Gasteiger partial charge is 0.125 e. The molecule has 2 nitrogen and oxygen atoms in total. The van der Waals surface area contributed by atoms with E-state index in [1.165, 1.54) is 22.0 Å². The molecule has 0 saturated heterocycles. The largest absolute Gasteiger partial charge is 0.493 e. The first-order valence-electron chi connectivity index (χ1n) is 6.33. The predicted octanol–water partition coefficient (Wildman–Crippen LogP) is 3.17. The molecular formula is C14H20BrNO. The van der Waals surface area contributed by atoms with Gasteiger partial charge in [0, 0.05) is 10.9 Å². The molecule has 0 spiro atoms. The summed E-state index contributed by atoms with van der Waals surface area (Å²) in [5.74, 6) is 1.82. The number of hydrogen-bond acceptors (Lipinski definition) is 2. The van der Waals surface area contributed by atoms with E-state index in [1.54, 1.807) is 0 Å². The van der Waals surface area contributed by atoms with Crippen molar-refractivity contribution in [1.29, 1.82) is 0 Å². The number of fused-ring (bicyclic) bond motifs is 1. The van der Waals surface area contributed by atoms with E-state index in [0.29, 0.717) is 5.92 Å². The van der Waals surface area contributed by atoms with E-state index < -0.39 is 0 Å². The van der Waals surface area contributed by atoms with Crippen molar-refractivity contribution < 1.29 is 4.74 Å². The monoisotopic (exact) mass is 297 g/mol. The Morgan fingerprint density at radius 2 is 2.29 bits per heavy atom. The summed E-state index contributed by atoms with van der Waals surface area (Å²) < 4.78 is 6.94. The zero-order chi connectivity index (χ0) is 12.3. The van der Waals surface area contributed by atoms with E-state index in [9.17, 15) is 0 Å². The molecular weight excluding hydrogens is 278 g/mol. The highest BCUT2D eigenvalue weighted by molar-refractivity contribution is 9.10. The summed E-state index contributed by atoms with van der Waals surface area (Å²) in [6.45, 7) is 4.15. The quantitative estimate of drug-likeness (QED) is 0.901. The number of hydrogen-bond donors (Lipinski definition) is 1. The SMILES string of the molecule is CCC(CNC)Cc1cc(Br)cc2c1OCC2. The summed E-state index contributed by atoms with van der Waals surface area (Å²) in [6, 6.07) is 4.40. The fraction of sp³-hybridized carbons (Fsp3) is 0.571. The van der Waals surface area contributed by atoms with Crippen LogP contribution in [0.25, 0.3) is 0 Å². The summed E-state index contributed by atoms with van der Waals surface area (Å²) in [5, 5.41) is 3.27. The van der Waals surface area contributed by atoms with E-state index >= 15 is 0 Å². The zero-order valence-electron chi connectivity index (χ0n) is 10.6. The molecule has 17 heavy (non-hydrogen) atoms. The minimum absolute atomic E-state index is 0.683. The number of benzene rings is 1. The van der Waals surface area contributed by atoms with Gasteiger partial charge in [-0.25, -0.2) is 0 Å². The van der Waals surface area contributed by atoms with Gasteiger partial charge in [-0.2, -0.15) is 0 Å². The lowest BCUT2D eigenvalue weighted by Crippen LogP contribution is -2.20. The fourth-order valence-corrected chi connectivity index (χ4v) is 3.01. The minimum Gasteiger partial charge on any atom is -0.493 e. The maximum atomic E-state index is 5.77. The maximum Gasteiger partial charge on any atom is 0.125 e. The lowest BCUT2D eigenvalue weighted by Gasteiger charge is -2.16. The van der Waals surface area contributed by atoms with Crippen LogP contribution in [0.1, 0.15) is 24.5 Å². The van der Waals surface area contributed by atoms with Crippen LogP contribution in [0.5, 0.6) is 5.75 Å². The second-order valence-corrected chi connectivity index (χ2v) is 5.60. The van der Waals surface area contributed by atoms with Crippen molar-refractivity contribution >= 4 is 15.9 Å². The molecule has 0 fully saturated rings. The van der Waals surface area contributed by atoms with Crippen molar-refractivity contribution in [2.75, 3.05) is 20.2 Å². The van der Waals surface area contributed by atoms with Gasteiger partial charge >= 0.3 is 0 Å². The van der Waals surface area contributed by atoms with Crippen LogP contribution < -0.4 is 10.1 Å². The highest BCUT2D eigenvalue weighted by atomic mass is 79.9. The van der Waals surface area contributed by atoms with Gasteiger partial charge in [-0.05, 0) is 49.2 Å². The molecule has 1 heterocycles. The summed E-state index contributed by atoms with van der Waals surface area (Å²) in [6.07, 6.45) is 3.34. The number of halogens is 1. The Morgan fingerprint density at radius 3 is 3.00 bits per heavy atom. The maximum absolute atomic E-state index is 5.77. The van der Waals surface area contributed by atoms with Crippen LogP contribution in [0.15, 0.2) is 16.6 Å². The second kappa shape index (κ2) is 5.87. The van der Waals surface area contributed by atoms with Gasteiger partial charge in [0.05, 0.1) is 6.61 Å². The number of rotatable bonds is 5. The minimum atomic E-state index is 0.683. The Balaban J connectivity index is 2.20. The summed E-state index contributed by atoms with van der Waals surface area (Å²) in [5.41, 5.74) is 2.71. The van der Waals surface area contributed by atoms with E-state index in [0.717, 1.165) is 31.7 Å². The molecule has 1 aliphatic rings. The van der Waals surface area contributed by atoms with Crippen molar-refractivity contribution in [2.45, 2.75) is 26.2 Å². The third-order valence-corrected chi connectivity index (χ3v) is 3.86. The van der Waals surface area contributed by atoms with Crippen LogP contribution in [0.4, 0.5) is 0 Å². The van der Waals surface area contributed by atoms with Crippen molar-refractivity contribution in [1.82, 2.24) is 5.32 Å². The number of ether oxygens (including phenoxy) is 1. The van der Waals surface area contributed by atoms with Crippen molar-refractivity contribution in [2.24, 2.45) is 5.92 Å². The Kier molecular flexibility index (Phi) is 4.46. The Labute approximate surface area is 112 Å². The molecule has 0 bridgehead atoms. The molecule has 94 valence electrons. The Morgan fingerprint density at radius 1 is 1.47 bits per heavy atom. The first-order valence-corrected chi connectivity index (χ1v) is 7.12. The normalized spacial score (nSPS) is 15.5. The van der Waals surface area contributed by atoms with Gasteiger partial charge in [0.1, 0.15) is 5.75 Å². The van der Waals surface area contributed by atoms with Crippen LogP contribution in [-0.2, 0) is 12.8 Å². The van der Waals surface area contributed by atoms with Gasteiger partial charge in [0.25, 0.3) is 0 Å². The Bertz CT molecular complexity index is 392. The fourth-order valence-electron chi connectivity index (χ4n) is 2.46. The van der Waals surface area contributed by atoms with Crippen LogP contribution in [-0.4, -0.2) is 20.2 Å². The van der Waals surface area contributed by atoms with Crippen molar-refractivity contribution in [3.05, 3.63) is 27.7 Å². The van der Waals surface area contributed by atoms with Gasteiger partial charge in [0.15, 0.2) is 0 Å². The summed E-state index contributed by atoms with van der Waals surface area (Å²) in [7, 11) is 2.02. The molecule has 2 rings (SSSR count). The van der Waals surface area contributed by atoms with E-state index in [2.05, 4.69) is 40.3 Å². The van der Waals surface area contributed by atoms with E-state index in [4.69, 9.17) is 4.74 Å². The van der Waals surface area contributed by atoms with Crippen LogP contribution >= 0.6 is 15.9 Å². The summed E-state index contributed by atoms with van der Waals surface area (Å²) >= 11 is 3.60. The van der Waals surface area contributed by atoms with E-state index in [1.807, 2.05) is 7.05 Å². The van der Waals surface area contributed by atoms with Gasteiger partial charge in [-0.15, -0.1) is 0 Å². The first kappa shape index (κ1) is 12.9. The van der Waals surface area contributed by atoms with Gasteiger partial charge in [-0.1, -0.05) is 29.3 Å². The Hall–Kier alpha value is -0.540. The predicted molar refractivity (Wildman–Crippen MR) is 74.8 cm³/mol. The first-order chi connectivity index (χ1) is 8.24. The third kappa shape index (κ3) is 3.02. The van der Waals surface area contributed by atoms with Gasteiger partial charge in [-0.3, -0.25) is 0 Å². The molecule has 3 heteroatoms. The standard InChI is InChI=1S/C14H20BrNO/c1-3-10(9-16-2)6-12-8-13(15)7-11-4-5-17-14(11)12/h7-8,10,16H,3-6,9H2,1-2H3. The van der Waals surface area contributed by atoms with Gasteiger partial charge in [0.2, 0.25) is 0 Å². The molecule has 1 aromatic carbocycles. The van der Waals surface area contributed by atoms with Crippen molar-refractivity contribution in [3.63, 3.8) is 0 Å². The average Bonchev–Trinajstić information content (AvgIpc) is 2.76. The van der Waals surface area contributed by atoms with Crippen LogP contribution in [0, 0.1) is 5.92 Å². The van der Waals surface area contributed by atoms with E-state index in [-0.39, 0.29) is 0 Å². The van der Waals surface area contributed by atoms with Gasteiger partial charge < -0.3 is 10.1 Å². The third-order valence-electron chi connectivity index (χ3n) is 3.40. The average molecular weight is 298 g/mol. The molecule has 1 atom stereocenters. The van der Waals surface area contributed by atoms with Crippen LogP contribution in [0.2, 0.25) is 0 Å². The van der Waals surface area contributed by atoms with Crippen molar-refractivity contribution in [3.8, 4) is 5.75 Å². The molecule has 0 aromatic heterocycles. The highest BCUT2D eigenvalue weighted by Crippen LogP contribution is 2.34. The molecule has 0 saturated carbocycles. The molecule has 1 unspecified atom stereocenters. The molecule has 0 radical (unpaired) electrons. The molecule has 0 aliphatic carbocycles. The summed E-state index contributed by atoms with van der Waals surface area (Å²) in [4.78, 5) is 0. The molecule has 1 N–H and O–H groups in total. The van der Waals surface area contributed by atoms with Crippen LogP contribution in [0.3, 0.4) is 0 Å². The second-order valence-electron chi connectivity index (χ2n) is 4.69. The topological polar surface area (TPSA) is 21.3 Å². The lowest BCUT2D eigenvalue weighted by atomic mass is 9.95. The molecule has 1 aliphatic heterocycles.